The molecule has 1 N–H and O–H groups in total. The van der Waals surface area contributed by atoms with E-state index in [2.05, 4.69) is 10.1 Å². The van der Waals surface area contributed by atoms with Crippen molar-refractivity contribution in [2.45, 2.75) is 6.18 Å². The van der Waals surface area contributed by atoms with Crippen LogP contribution in [-0.2, 0) is 13.2 Å². The van der Waals surface area contributed by atoms with Crippen LogP contribution in [0.4, 0.5) is 17.6 Å². The first-order chi connectivity index (χ1) is 10.3. The molecule has 0 atom stereocenters. The average Bonchev–Trinajstić information content (AvgIpc) is 2.74. The van der Waals surface area contributed by atoms with Crippen molar-refractivity contribution in [1.82, 2.24) is 14.8 Å². The molecule has 0 fully saturated rings. The van der Waals surface area contributed by atoms with E-state index in [0.29, 0.717) is 6.07 Å². The van der Waals surface area contributed by atoms with Crippen LogP contribution >= 0.6 is 0 Å². The van der Waals surface area contributed by atoms with Gasteiger partial charge in [-0.05, 0) is 12.1 Å². The lowest BCUT2D eigenvalue weighted by atomic mass is 10.0. The third-order valence-corrected chi connectivity index (χ3v) is 3.24. The van der Waals surface area contributed by atoms with Gasteiger partial charge in [0.05, 0.1) is 10.9 Å². The van der Waals surface area contributed by atoms with E-state index in [0.717, 1.165) is 10.7 Å². The Morgan fingerprint density at radius 3 is 2.59 bits per heavy atom. The Hall–Kier alpha value is -2.64. The zero-order chi connectivity index (χ0) is 16.1. The minimum absolute atomic E-state index is 0.0411. The first-order valence-corrected chi connectivity index (χ1v) is 6.20. The van der Waals surface area contributed by atoms with Crippen molar-refractivity contribution in [3.63, 3.8) is 0 Å². The normalized spacial score (nSPS) is 12.0. The quantitative estimate of drug-likeness (QED) is 0.702. The summed E-state index contributed by atoms with van der Waals surface area (Å²) in [4.78, 5) is 13.8. The lowest BCUT2D eigenvalue weighted by Crippen LogP contribution is -2.14. The maximum atomic E-state index is 13.3. The van der Waals surface area contributed by atoms with Gasteiger partial charge in [-0.2, -0.15) is 18.3 Å². The topological polar surface area (TPSA) is 50.7 Å². The van der Waals surface area contributed by atoms with Crippen molar-refractivity contribution >= 4 is 11.0 Å². The predicted octanol–water partition coefficient (Wildman–Crippen LogP) is 3.09. The third kappa shape index (κ3) is 2.26. The van der Waals surface area contributed by atoms with Gasteiger partial charge in [-0.1, -0.05) is 12.1 Å². The van der Waals surface area contributed by atoms with E-state index in [9.17, 15) is 22.4 Å². The van der Waals surface area contributed by atoms with Gasteiger partial charge in [-0.3, -0.25) is 9.48 Å². The maximum Gasteiger partial charge on any atom is 0.417 e. The number of rotatable bonds is 1. The van der Waals surface area contributed by atoms with Gasteiger partial charge in [0.1, 0.15) is 17.2 Å². The number of hydrogen-bond acceptors (Lipinski definition) is 2. The third-order valence-electron chi connectivity index (χ3n) is 3.24. The molecule has 8 heteroatoms. The summed E-state index contributed by atoms with van der Waals surface area (Å²) in [7, 11) is 1.40. The number of H-pyrrole nitrogens is 1. The molecule has 0 aliphatic heterocycles. The molecule has 0 unspecified atom stereocenters. The fraction of sp³-hybridized carbons (Fsp3) is 0.143. The minimum atomic E-state index is -4.72. The van der Waals surface area contributed by atoms with Gasteiger partial charge in [0, 0.05) is 18.7 Å². The van der Waals surface area contributed by atoms with Crippen molar-refractivity contribution < 1.29 is 17.6 Å². The standard InChI is InChI=1S/C14H9F4N3O/c1-21-13-11(9(14(16,17)18)6-10(22)19-13)12(20-21)7-3-2-4-8(15)5-7/h2-6H,1H3,(H,19,22). The van der Waals surface area contributed by atoms with Crippen LogP contribution in [0.2, 0.25) is 0 Å². The van der Waals surface area contributed by atoms with E-state index in [1.165, 1.54) is 25.2 Å². The van der Waals surface area contributed by atoms with Crippen molar-refractivity contribution in [3.05, 3.63) is 52.1 Å². The number of fused-ring (bicyclic) bond motifs is 1. The molecule has 0 aliphatic carbocycles. The number of aromatic amines is 1. The Morgan fingerprint density at radius 1 is 1.23 bits per heavy atom. The second-order valence-electron chi connectivity index (χ2n) is 4.75. The summed E-state index contributed by atoms with van der Waals surface area (Å²) < 4.78 is 54.1. The molecule has 2 heterocycles. The molecule has 1 aromatic carbocycles. The summed E-state index contributed by atoms with van der Waals surface area (Å²) in [6.07, 6.45) is -4.72. The fourth-order valence-electron chi connectivity index (χ4n) is 2.34. The number of pyridine rings is 1. The predicted molar refractivity (Wildman–Crippen MR) is 71.7 cm³/mol. The molecule has 0 spiro atoms. The summed E-state index contributed by atoms with van der Waals surface area (Å²) in [6.45, 7) is 0. The minimum Gasteiger partial charge on any atom is -0.307 e. The average molecular weight is 311 g/mol. The molecule has 114 valence electrons. The fourth-order valence-corrected chi connectivity index (χ4v) is 2.34. The molecule has 3 rings (SSSR count). The Kier molecular flexibility index (Phi) is 3.05. The van der Waals surface area contributed by atoms with Crippen LogP contribution in [0, 0.1) is 5.82 Å². The summed E-state index contributed by atoms with van der Waals surface area (Å²) in [5.74, 6) is -0.589. The molecule has 4 nitrogen and oxygen atoms in total. The number of aryl methyl sites for hydroxylation is 1. The molecule has 0 radical (unpaired) electrons. The van der Waals surface area contributed by atoms with Gasteiger partial charge < -0.3 is 4.98 Å². The number of nitrogens with one attached hydrogen (secondary N) is 1. The number of alkyl halides is 3. The van der Waals surface area contributed by atoms with Crippen LogP contribution < -0.4 is 5.56 Å². The first kappa shape index (κ1) is 14.3. The van der Waals surface area contributed by atoms with E-state index in [1.807, 2.05) is 0 Å². The number of nitrogens with zero attached hydrogens (tertiary/aromatic N) is 2. The zero-order valence-electron chi connectivity index (χ0n) is 11.2. The smallest absolute Gasteiger partial charge is 0.307 e. The molecular formula is C14H9F4N3O. The van der Waals surface area contributed by atoms with Crippen LogP contribution in [0.3, 0.4) is 0 Å². The summed E-state index contributed by atoms with van der Waals surface area (Å²) in [5.41, 5.74) is -1.89. The van der Waals surface area contributed by atoms with Crippen LogP contribution in [0.1, 0.15) is 5.56 Å². The van der Waals surface area contributed by atoms with Crippen molar-refractivity contribution in [3.8, 4) is 11.3 Å². The van der Waals surface area contributed by atoms with Crippen LogP contribution in [0.5, 0.6) is 0 Å². The highest BCUT2D eigenvalue weighted by molar-refractivity contribution is 5.94. The zero-order valence-corrected chi connectivity index (χ0v) is 11.2. The van der Waals surface area contributed by atoms with E-state index >= 15 is 0 Å². The van der Waals surface area contributed by atoms with Gasteiger partial charge >= 0.3 is 6.18 Å². The lowest BCUT2D eigenvalue weighted by molar-refractivity contribution is -0.136. The molecule has 3 aromatic rings. The molecule has 0 aliphatic rings. The first-order valence-electron chi connectivity index (χ1n) is 6.20. The van der Waals surface area contributed by atoms with Gasteiger partial charge in [-0.15, -0.1) is 0 Å². The lowest BCUT2D eigenvalue weighted by Gasteiger charge is -2.08. The summed E-state index contributed by atoms with van der Waals surface area (Å²) in [5, 5.41) is 3.73. The van der Waals surface area contributed by atoms with Crippen LogP contribution in [0.25, 0.3) is 22.3 Å². The molecule has 0 saturated carbocycles. The van der Waals surface area contributed by atoms with E-state index in [4.69, 9.17) is 0 Å². The van der Waals surface area contributed by atoms with E-state index in [-0.39, 0.29) is 22.3 Å². The van der Waals surface area contributed by atoms with Crippen molar-refractivity contribution in [1.29, 1.82) is 0 Å². The maximum absolute atomic E-state index is 13.3. The summed E-state index contributed by atoms with van der Waals surface area (Å²) >= 11 is 0. The second-order valence-corrected chi connectivity index (χ2v) is 4.75. The second kappa shape index (κ2) is 4.69. The molecule has 0 bridgehead atoms. The number of hydrogen-bond donors (Lipinski definition) is 1. The largest absolute Gasteiger partial charge is 0.417 e. The molecule has 0 saturated heterocycles. The van der Waals surface area contributed by atoms with Crippen LogP contribution in [-0.4, -0.2) is 14.8 Å². The van der Waals surface area contributed by atoms with Crippen molar-refractivity contribution in [2.24, 2.45) is 7.05 Å². The molecule has 2 aromatic heterocycles. The van der Waals surface area contributed by atoms with Crippen LogP contribution in [0.15, 0.2) is 35.1 Å². The molecular weight excluding hydrogens is 302 g/mol. The molecule has 0 amide bonds. The highest BCUT2D eigenvalue weighted by Crippen LogP contribution is 2.37. The van der Waals surface area contributed by atoms with E-state index in [1.54, 1.807) is 0 Å². The van der Waals surface area contributed by atoms with E-state index < -0.39 is 23.1 Å². The number of halogens is 4. The van der Waals surface area contributed by atoms with Gasteiger partial charge in [0.15, 0.2) is 0 Å². The van der Waals surface area contributed by atoms with Gasteiger partial charge in [0.2, 0.25) is 5.56 Å². The van der Waals surface area contributed by atoms with Gasteiger partial charge in [0.25, 0.3) is 0 Å². The molecule has 22 heavy (non-hydrogen) atoms. The Bertz CT molecular complexity index is 924. The monoisotopic (exact) mass is 311 g/mol. The number of benzene rings is 1. The Labute approximate surface area is 121 Å². The highest BCUT2D eigenvalue weighted by atomic mass is 19.4. The Morgan fingerprint density at radius 2 is 1.95 bits per heavy atom. The SMILES string of the molecule is Cn1nc(-c2cccc(F)c2)c2c(C(F)(F)F)cc(=O)[nH]c21. The number of aromatic nitrogens is 3. The van der Waals surface area contributed by atoms with Gasteiger partial charge in [-0.25, -0.2) is 4.39 Å². The van der Waals surface area contributed by atoms with Crippen molar-refractivity contribution in [2.75, 3.05) is 0 Å². The summed E-state index contributed by atoms with van der Waals surface area (Å²) in [6, 6.07) is 5.58. The highest BCUT2D eigenvalue weighted by Gasteiger charge is 2.35. The Balaban J connectivity index is 2.45.